The number of carbonyl (C=O) groups excluding carboxylic acids is 6. The van der Waals surface area contributed by atoms with E-state index in [4.69, 9.17) is 33.2 Å². The molecular weight excluding hydrogens is 764 g/mol. The molecule has 2 unspecified atom stereocenters. The van der Waals surface area contributed by atoms with Crippen LogP contribution in [-0.2, 0) is 52.3 Å². The van der Waals surface area contributed by atoms with Crippen LogP contribution in [0.2, 0.25) is 0 Å². The molecule has 0 heterocycles. The van der Waals surface area contributed by atoms with E-state index in [2.05, 4.69) is 23.8 Å². The normalized spacial score (nSPS) is 23.6. The molecule has 0 bridgehead atoms. The molecule has 2 atom stereocenters. The number of hydrogen-bond donors (Lipinski definition) is 2. The highest BCUT2D eigenvalue weighted by molar-refractivity contribution is 5.87. The van der Waals surface area contributed by atoms with Gasteiger partial charge in [-0.3, -0.25) is 9.59 Å². The lowest BCUT2D eigenvalue weighted by Crippen LogP contribution is -2.39. The van der Waals surface area contributed by atoms with E-state index in [9.17, 15) is 28.8 Å². The first-order valence-corrected chi connectivity index (χ1v) is 21.9. The predicted molar refractivity (Wildman–Crippen MR) is 216 cm³/mol. The highest BCUT2D eigenvalue weighted by atomic mass is 16.6. The van der Waals surface area contributed by atoms with Gasteiger partial charge >= 0.3 is 36.1 Å². The van der Waals surface area contributed by atoms with Crippen LogP contribution in [0.25, 0.3) is 0 Å². The van der Waals surface area contributed by atoms with Gasteiger partial charge in [0.2, 0.25) is 0 Å². The first-order valence-electron chi connectivity index (χ1n) is 21.9. The second-order valence-corrected chi connectivity index (χ2v) is 16.7. The van der Waals surface area contributed by atoms with Gasteiger partial charge < -0.3 is 43.8 Å². The molecule has 4 saturated carbocycles. The molecule has 4 aliphatic rings. The second-order valence-electron chi connectivity index (χ2n) is 16.7. The van der Waals surface area contributed by atoms with Gasteiger partial charge in [0.25, 0.3) is 0 Å². The van der Waals surface area contributed by atoms with Crippen molar-refractivity contribution in [2.24, 2.45) is 23.7 Å². The monoisotopic (exact) mass is 832 g/mol. The Morgan fingerprint density at radius 3 is 1.20 bits per heavy atom. The van der Waals surface area contributed by atoms with Crippen LogP contribution in [0.1, 0.15) is 129 Å². The Kier molecular flexibility index (Phi) is 20.5. The predicted octanol–water partition coefficient (Wildman–Crippen LogP) is 6.80. The van der Waals surface area contributed by atoms with Gasteiger partial charge in [0.05, 0.1) is 37.1 Å². The minimum absolute atomic E-state index is 0.00361. The lowest BCUT2D eigenvalue weighted by molar-refractivity contribution is -0.156. The molecule has 332 valence electrons. The van der Waals surface area contributed by atoms with Crippen LogP contribution in [0, 0.1) is 23.7 Å². The molecule has 15 nitrogen and oxygen atoms in total. The van der Waals surface area contributed by atoms with Gasteiger partial charge in [-0.25, -0.2) is 19.2 Å². The summed E-state index contributed by atoms with van der Waals surface area (Å²) in [4.78, 5) is 74.6. The SMILES string of the molecule is C=C(C)C(=O)OCCNC(=O)OC(COC(=O)C1CCC(OC2CCC(C(=O)OCC(OC(=O)NCCOC(=O)C(=C)C)C3CCCCC3)CC2)CC1)C1CCCCC1. The lowest BCUT2D eigenvalue weighted by atomic mass is 9.85. The Bertz CT molecular complexity index is 1300. The summed E-state index contributed by atoms with van der Waals surface area (Å²) in [6.45, 7) is 10.3. The molecule has 0 aliphatic heterocycles. The Morgan fingerprint density at radius 1 is 0.508 bits per heavy atom. The van der Waals surface area contributed by atoms with Crippen LogP contribution in [-0.4, -0.2) is 100.0 Å². The fraction of sp³-hybridized carbons (Fsp3) is 0.773. The van der Waals surface area contributed by atoms with Gasteiger partial charge in [0, 0.05) is 11.1 Å². The maximum Gasteiger partial charge on any atom is 0.407 e. The van der Waals surface area contributed by atoms with E-state index in [-0.39, 0.29) is 98.5 Å². The van der Waals surface area contributed by atoms with Gasteiger partial charge in [-0.05, 0) is 103 Å². The summed E-state index contributed by atoms with van der Waals surface area (Å²) in [7, 11) is 0. The van der Waals surface area contributed by atoms with E-state index in [1.165, 1.54) is 0 Å². The highest BCUT2D eigenvalue weighted by Crippen LogP contribution is 2.34. The molecule has 4 aliphatic carbocycles. The quantitative estimate of drug-likeness (QED) is 0.0565. The summed E-state index contributed by atoms with van der Waals surface area (Å²) >= 11 is 0. The van der Waals surface area contributed by atoms with E-state index >= 15 is 0 Å². The summed E-state index contributed by atoms with van der Waals surface area (Å²) < 4.78 is 39.5. The standard InChI is InChI=1S/C44H68N2O13/c1-29(2)39(47)53-25-23-45-43(51)58-37(31-11-7-5-8-12-31)27-55-41(49)33-15-19-35(20-16-33)57-36-21-17-34(18-22-36)42(50)56-28-38(32-13-9-6-10-14-32)59-44(52)46-24-26-54-40(48)30(3)4/h31-38H,1,3,5-28H2,2,4H3,(H,45,51)(H,46,52). The maximum absolute atomic E-state index is 13.2. The zero-order valence-electron chi connectivity index (χ0n) is 35.3. The van der Waals surface area contributed by atoms with Crippen molar-refractivity contribution >= 4 is 36.1 Å². The van der Waals surface area contributed by atoms with Crippen LogP contribution < -0.4 is 10.6 Å². The van der Waals surface area contributed by atoms with Crippen LogP contribution in [0.3, 0.4) is 0 Å². The van der Waals surface area contributed by atoms with Crippen LogP contribution in [0.5, 0.6) is 0 Å². The number of nitrogens with one attached hydrogen (secondary N) is 2. The molecule has 0 radical (unpaired) electrons. The zero-order chi connectivity index (χ0) is 42.6. The Morgan fingerprint density at radius 2 is 0.864 bits per heavy atom. The molecule has 15 heteroatoms. The molecule has 0 spiro atoms. The molecule has 2 N–H and O–H groups in total. The molecule has 4 fully saturated rings. The minimum atomic E-state index is -0.639. The summed E-state index contributed by atoms with van der Waals surface area (Å²) in [5.41, 5.74) is 0.556. The number of hydrogen-bond acceptors (Lipinski definition) is 13. The van der Waals surface area contributed by atoms with Crippen molar-refractivity contribution in [1.29, 1.82) is 0 Å². The van der Waals surface area contributed by atoms with Gasteiger partial charge in [-0.15, -0.1) is 0 Å². The lowest BCUT2D eigenvalue weighted by Gasteiger charge is -2.34. The number of alkyl carbamates (subject to hydrolysis) is 2. The number of esters is 4. The zero-order valence-corrected chi connectivity index (χ0v) is 35.3. The third kappa shape index (κ3) is 17.2. The third-order valence-electron chi connectivity index (χ3n) is 12.0. The average molecular weight is 833 g/mol. The van der Waals surface area contributed by atoms with Crippen molar-refractivity contribution in [1.82, 2.24) is 10.6 Å². The fourth-order valence-corrected chi connectivity index (χ4v) is 8.45. The van der Waals surface area contributed by atoms with Gasteiger partial charge in [0.1, 0.15) is 38.6 Å². The van der Waals surface area contributed by atoms with Crippen molar-refractivity contribution < 1.29 is 61.9 Å². The van der Waals surface area contributed by atoms with E-state index in [0.717, 1.165) is 89.9 Å². The number of ether oxygens (including phenoxy) is 7. The van der Waals surface area contributed by atoms with E-state index in [1.54, 1.807) is 13.8 Å². The fourth-order valence-electron chi connectivity index (χ4n) is 8.45. The molecule has 0 aromatic rings. The van der Waals surface area contributed by atoms with Crippen LogP contribution >= 0.6 is 0 Å². The maximum atomic E-state index is 13.2. The number of amides is 2. The molecule has 0 saturated heterocycles. The molecule has 2 amide bonds. The summed E-state index contributed by atoms with van der Waals surface area (Å²) in [6, 6.07) is 0. The van der Waals surface area contributed by atoms with Gasteiger partial charge in [-0.2, -0.15) is 0 Å². The number of carbonyl (C=O) groups is 6. The van der Waals surface area contributed by atoms with Crippen molar-refractivity contribution in [2.75, 3.05) is 39.5 Å². The topological polar surface area (TPSA) is 191 Å². The Labute approximate surface area is 349 Å². The van der Waals surface area contributed by atoms with Crippen molar-refractivity contribution in [3.8, 4) is 0 Å². The second kappa shape index (κ2) is 25.5. The Hall–Kier alpha value is -4.14. The van der Waals surface area contributed by atoms with E-state index in [1.807, 2.05) is 0 Å². The van der Waals surface area contributed by atoms with Crippen molar-refractivity contribution in [3.05, 3.63) is 24.3 Å². The van der Waals surface area contributed by atoms with E-state index < -0.39 is 36.3 Å². The smallest absolute Gasteiger partial charge is 0.407 e. The molecule has 0 aromatic carbocycles. The molecule has 59 heavy (non-hydrogen) atoms. The van der Waals surface area contributed by atoms with E-state index in [0.29, 0.717) is 25.7 Å². The van der Waals surface area contributed by atoms with Crippen LogP contribution in [0.15, 0.2) is 24.3 Å². The molecule has 0 aromatic heterocycles. The third-order valence-corrected chi connectivity index (χ3v) is 12.0. The van der Waals surface area contributed by atoms with Gasteiger partial charge in [0.15, 0.2) is 0 Å². The molecule has 4 rings (SSSR count). The first kappa shape index (κ1) is 47.5. The average Bonchev–Trinajstić information content (AvgIpc) is 3.24. The molecular formula is C44H68N2O13. The Balaban J connectivity index is 1.13. The summed E-state index contributed by atoms with van der Waals surface area (Å²) in [6.07, 6.45) is 13.2. The minimum Gasteiger partial charge on any atom is -0.462 e. The summed E-state index contributed by atoms with van der Waals surface area (Å²) in [5.74, 6) is -1.89. The van der Waals surface area contributed by atoms with Crippen molar-refractivity contribution in [2.45, 2.75) is 154 Å². The van der Waals surface area contributed by atoms with Crippen LogP contribution in [0.4, 0.5) is 9.59 Å². The first-order chi connectivity index (χ1) is 28.4. The van der Waals surface area contributed by atoms with Gasteiger partial charge in [-0.1, -0.05) is 51.7 Å². The summed E-state index contributed by atoms with van der Waals surface area (Å²) in [5, 5.41) is 5.21. The largest absolute Gasteiger partial charge is 0.462 e. The number of rotatable bonds is 20. The highest BCUT2D eigenvalue weighted by Gasteiger charge is 2.35. The van der Waals surface area contributed by atoms with Crippen molar-refractivity contribution in [3.63, 3.8) is 0 Å².